The summed E-state index contributed by atoms with van der Waals surface area (Å²) in [5.74, 6) is 0. The molecule has 1 aliphatic heterocycles. The zero-order valence-electron chi connectivity index (χ0n) is 7.71. The maximum Gasteiger partial charge on any atom is 0.125 e. The van der Waals surface area contributed by atoms with Crippen LogP contribution in [0.1, 0.15) is 39.5 Å². The first-order chi connectivity index (χ1) is 5.67. The number of hydrogen-bond acceptors (Lipinski definition) is 3. The molecule has 0 aromatic carbocycles. The van der Waals surface area contributed by atoms with Crippen molar-refractivity contribution in [2.75, 3.05) is 0 Å². The molecule has 1 saturated heterocycles. The van der Waals surface area contributed by atoms with Crippen LogP contribution in [0.2, 0.25) is 0 Å². The van der Waals surface area contributed by atoms with Crippen molar-refractivity contribution in [3.05, 3.63) is 0 Å². The summed E-state index contributed by atoms with van der Waals surface area (Å²) in [6.07, 6.45) is 4.84. The van der Waals surface area contributed by atoms with E-state index in [0.29, 0.717) is 5.41 Å². The fraction of sp³-hybridized carbons (Fsp3) is 1.00. The second kappa shape index (κ2) is 2.98. The van der Waals surface area contributed by atoms with E-state index in [-0.39, 0.29) is 12.2 Å². The van der Waals surface area contributed by atoms with E-state index in [1.165, 1.54) is 12.8 Å². The van der Waals surface area contributed by atoms with Crippen LogP contribution in [0.4, 0.5) is 0 Å². The summed E-state index contributed by atoms with van der Waals surface area (Å²) in [6, 6.07) is 0. The third-order valence-corrected chi connectivity index (χ3v) is 2.95. The van der Waals surface area contributed by atoms with Crippen LogP contribution in [0.5, 0.6) is 0 Å². The predicted molar refractivity (Wildman–Crippen MR) is 43.1 cm³/mol. The molecule has 3 nitrogen and oxygen atoms in total. The zero-order chi connectivity index (χ0) is 8.60. The van der Waals surface area contributed by atoms with Crippen molar-refractivity contribution >= 4 is 0 Å². The number of hydrogen-bond donors (Lipinski definition) is 0. The van der Waals surface area contributed by atoms with Crippen LogP contribution in [0.3, 0.4) is 0 Å². The van der Waals surface area contributed by atoms with Crippen LogP contribution < -0.4 is 0 Å². The van der Waals surface area contributed by atoms with Crippen LogP contribution in [0.25, 0.3) is 0 Å². The summed E-state index contributed by atoms with van der Waals surface area (Å²) in [5.41, 5.74) is 0.442. The van der Waals surface area contributed by atoms with Crippen LogP contribution in [0.15, 0.2) is 0 Å². The van der Waals surface area contributed by atoms with E-state index in [0.717, 1.165) is 12.8 Å². The number of fused-ring (bicyclic) bond motifs is 1. The van der Waals surface area contributed by atoms with E-state index in [1.807, 2.05) is 0 Å². The van der Waals surface area contributed by atoms with Gasteiger partial charge >= 0.3 is 0 Å². The molecule has 2 atom stereocenters. The average molecular weight is 172 g/mol. The van der Waals surface area contributed by atoms with E-state index >= 15 is 0 Å². The van der Waals surface area contributed by atoms with Crippen LogP contribution in [0, 0.1) is 5.41 Å². The first-order valence-electron chi connectivity index (χ1n) is 4.66. The maximum absolute atomic E-state index is 5.01. The van der Waals surface area contributed by atoms with Crippen molar-refractivity contribution in [3.63, 3.8) is 0 Å². The van der Waals surface area contributed by atoms with E-state index in [9.17, 15) is 0 Å². The highest BCUT2D eigenvalue weighted by atomic mass is 17.5. The second-order valence-corrected chi connectivity index (χ2v) is 4.58. The van der Waals surface area contributed by atoms with Gasteiger partial charge in [-0.1, -0.05) is 18.9 Å². The van der Waals surface area contributed by atoms with E-state index in [2.05, 4.69) is 18.9 Å². The smallest absolute Gasteiger partial charge is 0.125 e. The lowest BCUT2D eigenvalue weighted by Crippen LogP contribution is -2.20. The van der Waals surface area contributed by atoms with Crippen molar-refractivity contribution in [2.45, 2.75) is 51.7 Å². The van der Waals surface area contributed by atoms with Gasteiger partial charge in [0.05, 0.1) is 0 Å². The quantitative estimate of drug-likeness (QED) is 0.524. The second-order valence-electron chi connectivity index (χ2n) is 4.58. The molecule has 0 aromatic rings. The van der Waals surface area contributed by atoms with Gasteiger partial charge in [-0.15, -0.1) is 0 Å². The third-order valence-electron chi connectivity index (χ3n) is 2.95. The van der Waals surface area contributed by atoms with Crippen LogP contribution >= 0.6 is 0 Å². The van der Waals surface area contributed by atoms with Gasteiger partial charge in [0, 0.05) is 0 Å². The first kappa shape index (κ1) is 8.48. The van der Waals surface area contributed by atoms with Crippen LogP contribution in [-0.4, -0.2) is 12.2 Å². The standard InChI is InChI=1S/C9H16O3/c1-9(2)5-3-7-8(4-6-9)11-12-10-7/h7-8H,3-6H2,1-2H3. The molecule has 3 heteroatoms. The van der Waals surface area contributed by atoms with E-state index in [4.69, 9.17) is 9.78 Å². The van der Waals surface area contributed by atoms with Gasteiger partial charge < -0.3 is 0 Å². The average Bonchev–Trinajstić information content (AvgIpc) is 2.40. The molecular weight excluding hydrogens is 156 g/mol. The SMILES string of the molecule is CC1(C)CCC2OOOC2CC1. The van der Waals surface area contributed by atoms with Gasteiger partial charge in [-0.2, -0.15) is 9.78 Å². The molecule has 2 rings (SSSR count). The molecular formula is C9H16O3. The Bertz CT molecular complexity index is 151. The summed E-state index contributed by atoms with van der Waals surface area (Å²) in [6.45, 7) is 4.60. The Morgan fingerprint density at radius 1 is 1.00 bits per heavy atom. The Labute approximate surface area is 72.8 Å². The number of rotatable bonds is 0. The highest BCUT2D eigenvalue weighted by Crippen LogP contribution is 2.37. The molecule has 2 unspecified atom stereocenters. The van der Waals surface area contributed by atoms with Crippen molar-refractivity contribution < 1.29 is 14.8 Å². The van der Waals surface area contributed by atoms with Gasteiger partial charge in [0.1, 0.15) is 12.2 Å². The minimum absolute atomic E-state index is 0.173. The molecule has 2 fully saturated rings. The molecule has 1 heterocycles. The highest BCUT2D eigenvalue weighted by molar-refractivity contribution is 4.82. The Balaban J connectivity index is 1.99. The summed E-state index contributed by atoms with van der Waals surface area (Å²) in [5, 5.41) is 4.52. The largest absolute Gasteiger partial charge is 0.200 e. The summed E-state index contributed by atoms with van der Waals surface area (Å²) >= 11 is 0. The Morgan fingerprint density at radius 3 is 2.00 bits per heavy atom. The maximum atomic E-state index is 5.01. The molecule has 12 heavy (non-hydrogen) atoms. The molecule has 0 amide bonds. The molecule has 2 aliphatic rings. The summed E-state index contributed by atoms with van der Waals surface area (Å²) in [7, 11) is 0. The molecule has 0 aromatic heterocycles. The Morgan fingerprint density at radius 2 is 1.50 bits per heavy atom. The van der Waals surface area contributed by atoms with Crippen LogP contribution in [-0.2, 0) is 14.8 Å². The van der Waals surface area contributed by atoms with Crippen molar-refractivity contribution in [1.29, 1.82) is 0 Å². The molecule has 0 bridgehead atoms. The van der Waals surface area contributed by atoms with Gasteiger partial charge in [0.25, 0.3) is 0 Å². The fourth-order valence-electron chi connectivity index (χ4n) is 1.91. The predicted octanol–water partition coefficient (Wildman–Crippen LogP) is 2.22. The van der Waals surface area contributed by atoms with Crippen molar-refractivity contribution in [2.24, 2.45) is 5.41 Å². The van der Waals surface area contributed by atoms with Gasteiger partial charge in [0.2, 0.25) is 0 Å². The van der Waals surface area contributed by atoms with Crippen molar-refractivity contribution in [1.82, 2.24) is 0 Å². The van der Waals surface area contributed by atoms with E-state index in [1.54, 1.807) is 0 Å². The Hall–Kier alpha value is -0.120. The molecule has 0 radical (unpaired) electrons. The molecule has 0 N–H and O–H groups in total. The van der Waals surface area contributed by atoms with E-state index < -0.39 is 0 Å². The lowest BCUT2D eigenvalue weighted by atomic mass is 9.85. The first-order valence-corrected chi connectivity index (χ1v) is 4.66. The summed E-state index contributed by atoms with van der Waals surface area (Å²) in [4.78, 5) is 10.0. The van der Waals surface area contributed by atoms with Gasteiger partial charge in [-0.3, -0.25) is 0 Å². The fourth-order valence-corrected chi connectivity index (χ4v) is 1.91. The summed E-state index contributed by atoms with van der Waals surface area (Å²) < 4.78 is 0. The van der Waals surface area contributed by atoms with Gasteiger partial charge in [0.15, 0.2) is 0 Å². The molecule has 70 valence electrons. The van der Waals surface area contributed by atoms with Crippen molar-refractivity contribution in [3.8, 4) is 0 Å². The monoisotopic (exact) mass is 172 g/mol. The third kappa shape index (κ3) is 1.63. The lowest BCUT2D eigenvalue weighted by Gasteiger charge is -2.21. The van der Waals surface area contributed by atoms with Gasteiger partial charge in [-0.05, 0) is 31.1 Å². The molecule has 1 aliphatic carbocycles. The minimum atomic E-state index is 0.173. The Kier molecular flexibility index (Phi) is 2.10. The lowest BCUT2D eigenvalue weighted by molar-refractivity contribution is -0.466. The van der Waals surface area contributed by atoms with Gasteiger partial charge in [-0.25, -0.2) is 0 Å². The normalized spacial score (nSPS) is 40.5. The zero-order valence-corrected chi connectivity index (χ0v) is 7.71. The topological polar surface area (TPSA) is 27.7 Å². The molecule has 0 spiro atoms. The highest BCUT2D eigenvalue weighted by Gasteiger charge is 2.37. The minimum Gasteiger partial charge on any atom is -0.200 e. The molecule has 1 saturated carbocycles.